The number of nitrogens with zero attached hydrogens (tertiary/aromatic N) is 1. The molecule has 24 heavy (non-hydrogen) atoms. The molecule has 1 atom stereocenters. The normalized spacial score (nSPS) is 12.0. The molecule has 1 rings (SSSR count). The van der Waals surface area contributed by atoms with E-state index in [2.05, 4.69) is 24.1 Å². The monoisotopic (exact) mass is 357 g/mol. The van der Waals surface area contributed by atoms with Crippen LogP contribution in [-0.4, -0.2) is 43.1 Å². The molecule has 0 spiro atoms. The summed E-state index contributed by atoms with van der Waals surface area (Å²) in [6.45, 7) is 12.4. The van der Waals surface area contributed by atoms with Crippen LogP contribution in [0, 0.1) is 5.92 Å². The summed E-state index contributed by atoms with van der Waals surface area (Å²) in [4.78, 5) is 14.1. The van der Waals surface area contributed by atoms with Crippen LogP contribution in [0.4, 0.5) is 0 Å². The minimum atomic E-state index is -0.460. The summed E-state index contributed by atoms with van der Waals surface area (Å²) in [5.41, 5.74) is 6.85. The van der Waals surface area contributed by atoms with Gasteiger partial charge in [0, 0.05) is 13.1 Å². The molecule has 0 fully saturated rings. The number of nitrogens with two attached hydrogens (primary N) is 1. The topological polar surface area (TPSA) is 67.6 Å². The van der Waals surface area contributed by atoms with Gasteiger partial charge < -0.3 is 20.7 Å². The number of nitrogens with one attached hydrogen (secondary N) is 1. The molecule has 1 aromatic carbocycles. The van der Waals surface area contributed by atoms with Gasteiger partial charge in [-0.25, -0.2) is 0 Å². The molecule has 0 heterocycles. The van der Waals surface area contributed by atoms with Gasteiger partial charge in [-0.1, -0.05) is 39.8 Å². The van der Waals surface area contributed by atoms with Crippen molar-refractivity contribution in [3.8, 4) is 5.75 Å². The average molecular weight is 358 g/mol. The smallest absolute Gasteiger partial charge is 0.237 e. The molecule has 0 aliphatic rings. The van der Waals surface area contributed by atoms with Crippen LogP contribution in [0.2, 0.25) is 0 Å². The molecule has 1 aromatic rings. The number of rotatable bonds is 10. The van der Waals surface area contributed by atoms with E-state index in [1.165, 1.54) is 0 Å². The predicted molar refractivity (Wildman–Crippen MR) is 102 cm³/mol. The van der Waals surface area contributed by atoms with Gasteiger partial charge in [-0.05, 0) is 36.7 Å². The van der Waals surface area contributed by atoms with E-state index in [1.807, 2.05) is 38.1 Å². The van der Waals surface area contributed by atoms with E-state index in [0.29, 0.717) is 13.2 Å². The Labute approximate surface area is 152 Å². The predicted octanol–water partition coefficient (Wildman–Crippen LogP) is 2.43. The molecule has 0 bridgehead atoms. The Morgan fingerprint density at radius 3 is 2.29 bits per heavy atom. The highest BCUT2D eigenvalue weighted by atomic mass is 35.5. The van der Waals surface area contributed by atoms with Crippen LogP contribution in [0.5, 0.6) is 5.75 Å². The Morgan fingerprint density at radius 1 is 1.21 bits per heavy atom. The van der Waals surface area contributed by atoms with Gasteiger partial charge in [-0.15, -0.1) is 12.4 Å². The molecule has 0 saturated carbocycles. The Kier molecular flexibility index (Phi) is 11.5. The molecule has 0 radical (unpaired) electrons. The number of hydrogen-bond acceptors (Lipinski definition) is 4. The first-order chi connectivity index (χ1) is 11.0. The molecule has 0 aromatic heterocycles. The number of carbonyl (C=O) groups excluding carboxylic acids is 1. The number of amides is 1. The van der Waals surface area contributed by atoms with Crippen molar-refractivity contribution in [1.82, 2.24) is 10.2 Å². The number of halogens is 1. The molecule has 0 unspecified atom stereocenters. The minimum absolute atomic E-state index is 0. The van der Waals surface area contributed by atoms with Crippen molar-refractivity contribution in [1.29, 1.82) is 0 Å². The largest absolute Gasteiger partial charge is 0.492 e. The summed E-state index contributed by atoms with van der Waals surface area (Å²) in [6.07, 6.45) is 0. The van der Waals surface area contributed by atoms with Crippen molar-refractivity contribution in [3.63, 3.8) is 0 Å². The highest BCUT2D eigenvalue weighted by Crippen LogP contribution is 2.12. The van der Waals surface area contributed by atoms with Crippen LogP contribution < -0.4 is 15.8 Å². The summed E-state index contributed by atoms with van der Waals surface area (Å²) in [6, 6.07) is 7.35. The third-order valence-electron chi connectivity index (χ3n) is 3.98. The van der Waals surface area contributed by atoms with E-state index in [9.17, 15) is 4.79 Å². The zero-order valence-corrected chi connectivity index (χ0v) is 16.1. The van der Waals surface area contributed by atoms with Crippen molar-refractivity contribution < 1.29 is 9.53 Å². The molecule has 1 amide bonds. The second kappa shape index (κ2) is 12.1. The molecule has 0 saturated heterocycles. The zero-order valence-electron chi connectivity index (χ0n) is 15.2. The van der Waals surface area contributed by atoms with Crippen LogP contribution in [0.1, 0.15) is 33.3 Å². The van der Waals surface area contributed by atoms with Crippen molar-refractivity contribution in [2.75, 3.05) is 26.2 Å². The number of likely N-dealkylation sites (N-methyl/N-ethyl adjacent to an activating group) is 1. The van der Waals surface area contributed by atoms with Gasteiger partial charge in [-0.3, -0.25) is 4.79 Å². The lowest BCUT2D eigenvalue weighted by Gasteiger charge is -2.18. The molecule has 0 aliphatic heterocycles. The van der Waals surface area contributed by atoms with Crippen molar-refractivity contribution >= 4 is 18.3 Å². The average Bonchev–Trinajstić information content (AvgIpc) is 2.56. The van der Waals surface area contributed by atoms with Gasteiger partial charge in [-0.2, -0.15) is 0 Å². The third-order valence-corrected chi connectivity index (χ3v) is 3.98. The van der Waals surface area contributed by atoms with E-state index < -0.39 is 6.04 Å². The van der Waals surface area contributed by atoms with Gasteiger partial charge in [0.15, 0.2) is 0 Å². The maximum atomic E-state index is 11.8. The maximum Gasteiger partial charge on any atom is 0.237 e. The first kappa shape index (κ1) is 22.7. The summed E-state index contributed by atoms with van der Waals surface area (Å²) < 4.78 is 5.74. The van der Waals surface area contributed by atoms with E-state index in [-0.39, 0.29) is 24.2 Å². The van der Waals surface area contributed by atoms with E-state index >= 15 is 0 Å². The van der Waals surface area contributed by atoms with Crippen molar-refractivity contribution in [2.45, 2.75) is 40.3 Å². The lowest BCUT2D eigenvalue weighted by atomic mass is 10.0. The second-order valence-electron chi connectivity index (χ2n) is 6.01. The highest BCUT2D eigenvalue weighted by molar-refractivity contribution is 5.85. The molecule has 6 heteroatoms. The molecule has 138 valence electrons. The fourth-order valence-electron chi connectivity index (χ4n) is 2.15. The Balaban J connectivity index is 0.00000529. The molecular weight excluding hydrogens is 326 g/mol. The van der Waals surface area contributed by atoms with Crippen molar-refractivity contribution in [3.05, 3.63) is 29.8 Å². The van der Waals surface area contributed by atoms with Gasteiger partial charge in [0.1, 0.15) is 12.4 Å². The van der Waals surface area contributed by atoms with Gasteiger partial charge >= 0.3 is 0 Å². The molecule has 0 aliphatic carbocycles. The number of ether oxygens (including phenoxy) is 1. The third kappa shape index (κ3) is 7.99. The Bertz CT molecular complexity index is 462. The van der Waals surface area contributed by atoms with E-state index in [0.717, 1.165) is 30.9 Å². The van der Waals surface area contributed by atoms with Crippen LogP contribution in [0.15, 0.2) is 24.3 Å². The number of benzene rings is 1. The van der Waals surface area contributed by atoms with Gasteiger partial charge in [0.2, 0.25) is 5.91 Å². The first-order valence-electron chi connectivity index (χ1n) is 8.45. The molecule has 5 nitrogen and oxygen atoms in total. The van der Waals surface area contributed by atoms with Gasteiger partial charge in [0.05, 0.1) is 6.04 Å². The fourth-order valence-corrected chi connectivity index (χ4v) is 2.15. The molecular formula is C18H32ClN3O2. The highest BCUT2D eigenvalue weighted by Gasteiger charge is 2.16. The Morgan fingerprint density at radius 2 is 1.79 bits per heavy atom. The first-order valence-corrected chi connectivity index (χ1v) is 8.45. The quantitative estimate of drug-likeness (QED) is 0.674. The standard InChI is InChI=1S/C18H31N3O2.ClH/c1-5-21(6-2)11-12-23-16-9-7-15(8-10-16)13-20-18(22)17(19)14(3)4;/h7-10,14,17H,5-6,11-13,19H2,1-4H3,(H,20,22);1H/t17-;/m0./s1. The maximum absolute atomic E-state index is 11.8. The summed E-state index contributed by atoms with van der Waals surface area (Å²) in [5.74, 6) is 0.877. The lowest BCUT2D eigenvalue weighted by Crippen LogP contribution is -2.43. The zero-order chi connectivity index (χ0) is 17.2. The Hall–Kier alpha value is -1.30. The van der Waals surface area contributed by atoms with Crippen LogP contribution >= 0.6 is 12.4 Å². The minimum Gasteiger partial charge on any atom is -0.492 e. The number of hydrogen-bond donors (Lipinski definition) is 2. The van der Waals surface area contributed by atoms with Crippen LogP contribution in [-0.2, 0) is 11.3 Å². The number of carbonyl (C=O) groups is 1. The second-order valence-corrected chi connectivity index (χ2v) is 6.01. The summed E-state index contributed by atoms with van der Waals surface area (Å²) >= 11 is 0. The lowest BCUT2D eigenvalue weighted by molar-refractivity contribution is -0.123. The van der Waals surface area contributed by atoms with Gasteiger partial charge in [0.25, 0.3) is 0 Å². The van der Waals surface area contributed by atoms with E-state index in [4.69, 9.17) is 10.5 Å². The van der Waals surface area contributed by atoms with Crippen molar-refractivity contribution in [2.24, 2.45) is 11.7 Å². The van der Waals surface area contributed by atoms with Crippen LogP contribution in [0.25, 0.3) is 0 Å². The fraction of sp³-hybridized carbons (Fsp3) is 0.611. The summed E-state index contributed by atoms with van der Waals surface area (Å²) in [7, 11) is 0. The molecule has 3 N–H and O–H groups in total. The summed E-state index contributed by atoms with van der Waals surface area (Å²) in [5, 5.41) is 2.86. The van der Waals surface area contributed by atoms with Crippen LogP contribution in [0.3, 0.4) is 0 Å². The van der Waals surface area contributed by atoms with E-state index in [1.54, 1.807) is 0 Å². The SMILES string of the molecule is CCN(CC)CCOc1ccc(CNC(=O)[C@@H](N)C(C)C)cc1.Cl.